The molecule has 0 saturated heterocycles. The first kappa shape index (κ1) is 39.2. The topological polar surface area (TPSA) is 130 Å². The highest BCUT2D eigenvalue weighted by molar-refractivity contribution is 7.90. The number of carbonyl (C=O) groups excluding carboxylic acids is 2. The van der Waals surface area contributed by atoms with Gasteiger partial charge in [-0.05, 0) is 48.4 Å². The fourth-order valence-electron chi connectivity index (χ4n) is 5.79. The number of amides is 2. The van der Waals surface area contributed by atoms with Crippen molar-refractivity contribution in [2.24, 2.45) is 5.92 Å². The molecular weight excluding hydrogens is 692 g/mol. The number of hydrogen-bond donors (Lipinski definition) is 4. The van der Waals surface area contributed by atoms with Crippen LogP contribution in [-0.2, 0) is 45.6 Å². The average molecular weight is 739 g/mol. The van der Waals surface area contributed by atoms with Crippen LogP contribution in [-0.4, -0.2) is 47.2 Å². The third-order valence-electron chi connectivity index (χ3n) is 8.58. The van der Waals surface area contributed by atoms with Crippen molar-refractivity contribution in [3.8, 4) is 11.1 Å². The van der Waals surface area contributed by atoms with Crippen LogP contribution in [0.1, 0.15) is 74.5 Å². The van der Waals surface area contributed by atoms with Crippen molar-refractivity contribution in [3.05, 3.63) is 107 Å². The lowest BCUT2D eigenvalue weighted by Gasteiger charge is -2.15. The first-order valence-electron chi connectivity index (χ1n) is 17.2. The molecule has 1 heterocycles. The number of halogens is 1. The molecule has 3 N–H and O–H groups in total. The van der Waals surface area contributed by atoms with Crippen LogP contribution in [0.4, 0.5) is 0 Å². The third-order valence-corrected chi connectivity index (χ3v) is 10.8. The summed E-state index contributed by atoms with van der Waals surface area (Å²) in [6.45, 7) is 2.88. The van der Waals surface area contributed by atoms with Gasteiger partial charge in [-0.3, -0.25) is 9.59 Å². The number of rotatable bonds is 20. The van der Waals surface area contributed by atoms with Gasteiger partial charge in [-0.25, -0.2) is 18.1 Å². The van der Waals surface area contributed by atoms with Crippen molar-refractivity contribution in [1.29, 1.82) is 0 Å². The van der Waals surface area contributed by atoms with Crippen molar-refractivity contribution in [2.45, 2.75) is 82.8 Å². The second kappa shape index (κ2) is 19.7. The third kappa shape index (κ3) is 11.2. The maximum absolute atomic E-state index is 13.4. The van der Waals surface area contributed by atoms with Crippen molar-refractivity contribution in [2.75, 3.05) is 12.3 Å². The molecule has 1 aromatic heterocycles. The molecule has 3 aromatic carbocycles. The van der Waals surface area contributed by atoms with E-state index in [1.165, 1.54) is 6.07 Å². The van der Waals surface area contributed by atoms with Crippen molar-refractivity contribution in [3.63, 3.8) is 0 Å². The van der Waals surface area contributed by atoms with E-state index < -0.39 is 15.9 Å². The fraction of sp³-hybridized carbons (Fsp3) is 0.395. The smallest absolute Gasteiger partial charge is 0.264 e. The van der Waals surface area contributed by atoms with Crippen LogP contribution >= 0.6 is 24.2 Å². The van der Waals surface area contributed by atoms with E-state index in [0.29, 0.717) is 53.7 Å². The summed E-state index contributed by atoms with van der Waals surface area (Å²) in [6, 6.07) is 24.0. The number of unbranched alkanes of at least 4 members (excludes halogenated alkanes) is 4. The summed E-state index contributed by atoms with van der Waals surface area (Å²) >= 11 is 10.7. The highest BCUT2D eigenvalue weighted by atomic mass is 35.5. The maximum atomic E-state index is 13.4. The molecule has 9 nitrogen and oxygen atoms in total. The molecule has 0 radical (unpaired) electrons. The van der Waals surface area contributed by atoms with Crippen LogP contribution in [0.2, 0.25) is 5.15 Å². The van der Waals surface area contributed by atoms with Gasteiger partial charge in [0.05, 0.1) is 23.1 Å². The summed E-state index contributed by atoms with van der Waals surface area (Å²) in [4.78, 5) is 29.7. The van der Waals surface area contributed by atoms with Gasteiger partial charge in [0, 0.05) is 37.2 Å². The number of hydrogen-bond acceptors (Lipinski definition) is 7. The second-order valence-electron chi connectivity index (χ2n) is 12.4. The van der Waals surface area contributed by atoms with E-state index >= 15 is 0 Å². The Balaban J connectivity index is 1.26. The summed E-state index contributed by atoms with van der Waals surface area (Å²) in [6.07, 6.45) is 6.26. The zero-order valence-corrected chi connectivity index (χ0v) is 31.0. The minimum absolute atomic E-state index is 0.0162. The van der Waals surface area contributed by atoms with E-state index in [9.17, 15) is 23.1 Å². The van der Waals surface area contributed by atoms with Gasteiger partial charge in [-0.1, -0.05) is 111 Å². The molecule has 0 fully saturated rings. The van der Waals surface area contributed by atoms with E-state index in [2.05, 4.69) is 34.6 Å². The van der Waals surface area contributed by atoms with E-state index in [1.54, 1.807) is 18.2 Å². The molecule has 50 heavy (non-hydrogen) atoms. The van der Waals surface area contributed by atoms with Gasteiger partial charge in [-0.15, -0.1) is 0 Å². The fourth-order valence-corrected chi connectivity index (χ4v) is 7.59. The van der Waals surface area contributed by atoms with E-state index in [-0.39, 0.29) is 29.7 Å². The number of sulfonamides is 1. The lowest BCUT2D eigenvalue weighted by Crippen LogP contribution is -2.33. The SMILES string of the molecule is CCCCc1nc(Cl)c(CO)n1Cc1ccc(-c2ccccc2S(=O)(=O)NC(=O)CCCCCCNC(=O)C(CS)Cc2ccccc2)cc1. The van der Waals surface area contributed by atoms with E-state index in [1.807, 2.05) is 59.2 Å². The summed E-state index contributed by atoms with van der Waals surface area (Å²) in [5, 5.41) is 13.2. The van der Waals surface area contributed by atoms with Crippen molar-refractivity contribution >= 4 is 46.1 Å². The van der Waals surface area contributed by atoms with Crippen LogP contribution in [0.5, 0.6) is 0 Å². The zero-order valence-electron chi connectivity index (χ0n) is 28.5. The highest BCUT2D eigenvalue weighted by Crippen LogP contribution is 2.28. The van der Waals surface area contributed by atoms with Gasteiger partial charge >= 0.3 is 0 Å². The monoisotopic (exact) mass is 738 g/mol. The Morgan fingerprint density at radius 2 is 1.62 bits per heavy atom. The molecule has 2 amide bonds. The lowest BCUT2D eigenvalue weighted by atomic mass is 10.00. The Hall–Kier alpha value is -3.64. The molecule has 268 valence electrons. The lowest BCUT2D eigenvalue weighted by molar-refractivity contribution is -0.124. The summed E-state index contributed by atoms with van der Waals surface area (Å²) in [7, 11) is -4.12. The molecule has 1 atom stereocenters. The van der Waals surface area contributed by atoms with Gasteiger partial charge in [0.25, 0.3) is 10.0 Å². The standard InChI is InChI=1S/C38H47ClN4O5S2/c1-2-3-17-35-41-37(39)33(26-44)43(35)25-29-19-21-30(22-20-29)32-15-10-11-16-34(32)50(47,48)42-36(45)18-9-4-5-12-23-40-38(46)31(27-49)24-28-13-7-6-8-14-28/h6-8,10-11,13-16,19-22,31,44,49H,2-5,9,12,17-18,23-27H2,1H3,(H,40,46)(H,42,45). The number of aliphatic hydroxyl groups is 1. The van der Waals surface area contributed by atoms with E-state index in [4.69, 9.17) is 11.6 Å². The van der Waals surface area contributed by atoms with E-state index in [0.717, 1.165) is 55.5 Å². The predicted molar refractivity (Wildman–Crippen MR) is 202 cm³/mol. The number of nitrogens with one attached hydrogen (secondary N) is 2. The molecule has 0 saturated carbocycles. The molecule has 1 unspecified atom stereocenters. The molecule has 0 aliphatic carbocycles. The zero-order chi connectivity index (χ0) is 35.9. The predicted octanol–water partition coefficient (Wildman–Crippen LogP) is 6.75. The van der Waals surface area contributed by atoms with Gasteiger partial charge in [0.2, 0.25) is 11.8 Å². The molecule has 0 spiro atoms. The van der Waals surface area contributed by atoms with Crippen LogP contribution in [0.3, 0.4) is 0 Å². The number of aryl methyl sites for hydroxylation is 1. The molecule has 4 rings (SSSR count). The minimum atomic E-state index is -4.12. The van der Waals surface area contributed by atoms with Crippen LogP contribution in [0.15, 0.2) is 83.8 Å². The van der Waals surface area contributed by atoms with Crippen LogP contribution in [0, 0.1) is 5.92 Å². The minimum Gasteiger partial charge on any atom is -0.390 e. The Bertz CT molecular complexity index is 1800. The number of aliphatic hydroxyl groups excluding tert-OH is 1. The number of thiol groups is 1. The Morgan fingerprint density at radius 3 is 2.32 bits per heavy atom. The largest absolute Gasteiger partial charge is 0.390 e. The summed E-state index contributed by atoms with van der Waals surface area (Å²) < 4.78 is 30.9. The first-order valence-corrected chi connectivity index (χ1v) is 19.7. The molecule has 12 heteroatoms. The second-order valence-corrected chi connectivity index (χ2v) is 14.7. The molecule has 0 aliphatic rings. The van der Waals surface area contributed by atoms with Gasteiger partial charge in [0.15, 0.2) is 5.15 Å². The molecule has 0 aliphatic heterocycles. The number of nitrogens with zero attached hydrogens (tertiary/aromatic N) is 2. The number of benzene rings is 3. The highest BCUT2D eigenvalue weighted by Gasteiger charge is 2.22. The van der Waals surface area contributed by atoms with Crippen molar-refractivity contribution in [1.82, 2.24) is 19.6 Å². The van der Waals surface area contributed by atoms with Crippen LogP contribution in [0.25, 0.3) is 11.1 Å². The normalized spacial score (nSPS) is 12.1. The summed E-state index contributed by atoms with van der Waals surface area (Å²) in [5.41, 5.74) is 3.78. The molecule has 0 bridgehead atoms. The Morgan fingerprint density at radius 1 is 0.920 bits per heavy atom. The number of carbonyl (C=O) groups is 2. The number of aromatic nitrogens is 2. The molecular formula is C38H47ClN4O5S2. The Kier molecular flexibility index (Phi) is 15.4. The van der Waals surface area contributed by atoms with Gasteiger partial charge < -0.3 is 15.0 Å². The van der Waals surface area contributed by atoms with Gasteiger partial charge in [0.1, 0.15) is 5.82 Å². The first-order chi connectivity index (χ1) is 24.2. The molecule has 4 aromatic rings. The average Bonchev–Trinajstić information content (AvgIpc) is 3.42. The summed E-state index contributed by atoms with van der Waals surface area (Å²) in [5.74, 6) is 0.508. The maximum Gasteiger partial charge on any atom is 0.264 e. The van der Waals surface area contributed by atoms with Crippen LogP contribution < -0.4 is 10.0 Å². The Labute approximate surface area is 306 Å². The van der Waals surface area contributed by atoms with Gasteiger partial charge in [-0.2, -0.15) is 12.6 Å². The number of imidazole rings is 1. The van der Waals surface area contributed by atoms with Crippen molar-refractivity contribution < 1.29 is 23.1 Å². The quantitative estimate of drug-likeness (QED) is 0.0587.